The minimum atomic E-state index is -0.780. The highest BCUT2D eigenvalue weighted by molar-refractivity contribution is 5.71. The van der Waals surface area contributed by atoms with E-state index >= 15 is 0 Å². The number of carbonyl (C=O) groups is 3. The van der Waals surface area contributed by atoms with Gasteiger partial charge in [-0.1, -0.05) is 307 Å². The van der Waals surface area contributed by atoms with E-state index in [1.807, 2.05) is 0 Å². The molecule has 0 saturated carbocycles. The summed E-state index contributed by atoms with van der Waals surface area (Å²) in [5, 5.41) is 0. The number of ether oxygens (including phenoxy) is 3. The number of hydrogen-bond donors (Lipinski definition) is 0. The summed E-state index contributed by atoms with van der Waals surface area (Å²) in [4.78, 5) is 38.3. The topological polar surface area (TPSA) is 78.9 Å². The molecule has 75 heavy (non-hydrogen) atoms. The van der Waals surface area contributed by atoms with Crippen LogP contribution in [-0.2, 0) is 28.6 Å². The van der Waals surface area contributed by atoms with Crippen molar-refractivity contribution in [2.24, 2.45) is 0 Å². The summed E-state index contributed by atoms with van der Waals surface area (Å²) in [6.45, 7) is 6.54. The molecule has 0 heterocycles. The van der Waals surface area contributed by atoms with Crippen LogP contribution in [0, 0.1) is 0 Å². The summed E-state index contributed by atoms with van der Waals surface area (Å²) in [5.74, 6) is -0.876. The molecule has 0 fully saturated rings. The summed E-state index contributed by atoms with van der Waals surface area (Å²) in [5.41, 5.74) is 0. The SMILES string of the molecule is CC/C=C\C/C=C\C/C=C\CCCCCCCCCC(=O)OC(COC(=O)CCCCCCC/C=C\CCCCC)COC(=O)CCCCCCCCCCCCCCCCCCCCCCCCCCCCCC. The second-order valence-electron chi connectivity index (χ2n) is 22.4. The fourth-order valence-corrected chi connectivity index (χ4v) is 9.87. The van der Waals surface area contributed by atoms with Crippen molar-refractivity contribution >= 4 is 17.9 Å². The maximum absolute atomic E-state index is 12.9. The first-order chi connectivity index (χ1) is 37.0. The molecular weight excluding hydrogens is 925 g/mol. The molecule has 438 valence electrons. The van der Waals surface area contributed by atoms with Crippen LogP contribution in [0.5, 0.6) is 0 Å². The molecule has 0 radical (unpaired) electrons. The van der Waals surface area contributed by atoms with E-state index in [0.29, 0.717) is 19.3 Å². The monoisotopic (exact) mass is 1050 g/mol. The van der Waals surface area contributed by atoms with Gasteiger partial charge in [-0.05, 0) is 77.0 Å². The van der Waals surface area contributed by atoms with Gasteiger partial charge in [0.15, 0.2) is 6.10 Å². The zero-order valence-electron chi connectivity index (χ0n) is 50.3. The molecule has 0 saturated heterocycles. The van der Waals surface area contributed by atoms with Crippen molar-refractivity contribution in [3.8, 4) is 0 Å². The minimum Gasteiger partial charge on any atom is -0.462 e. The average Bonchev–Trinajstić information content (AvgIpc) is 3.41. The molecule has 0 rings (SSSR count). The van der Waals surface area contributed by atoms with Gasteiger partial charge in [-0.15, -0.1) is 0 Å². The largest absolute Gasteiger partial charge is 0.462 e. The summed E-state index contributed by atoms with van der Waals surface area (Å²) < 4.78 is 16.9. The highest BCUT2D eigenvalue weighted by Gasteiger charge is 2.19. The highest BCUT2D eigenvalue weighted by Crippen LogP contribution is 2.18. The van der Waals surface area contributed by atoms with Gasteiger partial charge in [0, 0.05) is 19.3 Å². The third kappa shape index (κ3) is 62.1. The van der Waals surface area contributed by atoms with Crippen LogP contribution < -0.4 is 0 Å². The van der Waals surface area contributed by atoms with E-state index in [1.54, 1.807) is 0 Å². The lowest BCUT2D eigenvalue weighted by atomic mass is 10.0. The second kappa shape index (κ2) is 63.9. The van der Waals surface area contributed by atoms with Crippen LogP contribution >= 0.6 is 0 Å². The molecule has 0 aromatic heterocycles. The average molecular weight is 1050 g/mol. The summed E-state index contributed by atoms with van der Waals surface area (Å²) >= 11 is 0. The van der Waals surface area contributed by atoms with Crippen LogP contribution in [0.2, 0.25) is 0 Å². The molecule has 1 atom stereocenters. The first kappa shape index (κ1) is 72.4. The molecule has 6 heteroatoms. The van der Waals surface area contributed by atoms with Gasteiger partial charge in [0.05, 0.1) is 0 Å². The number of carbonyl (C=O) groups excluding carboxylic acids is 3. The van der Waals surface area contributed by atoms with Crippen LogP contribution in [-0.4, -0.2) is 37.2 Å². The quantitative estimate of drug-likeness (QED) is 0.0261. The molecule has 0 aliphatic carbocycles. The summed E-state index contributed by atoms with van der Waals surface area (Å²) in [6.07, 6.45) is 80.0. The third-order valence-electron chi connectivity index (χ3n) is 14.8. The number of unbranched alkanes of at least 4 members (excludes halogenated alkanes) is 42. The Kier molecular flexibility index (Phi) is 61.7. The van der Waals surface area contributed by atoms with Gasteiger partial charge in [-0.2, -0.15) is 0 Å². The molecule has 0 bridgehead atoms. The second-order valence-corrected chi connectivity index (χ2v) is 22.4. The van der Waals surface area contributed by atoms with Gasteiger partial charge < -0.3 is 14.2 Å². The smallest absolute Gasteiger partial charge is 0.306 e. The Morgan fingerprint density at radius 3 is 0.853 bits per heavy atom. The summed E-state index contributed by atoms with van der Waals surface area (Å²) in [7, 11) is 0. The Hall–Kier alpha value is -2.63. The van der Waals surface area contributed by atoms with Crippen molar-refractivity contribution in [2.45, 2.75) is 361 Å². The zero-order chi connectivity index (χ0) is 54.3. The standard InChI is InChI=1S/C69H126O6/c1-4-7-10-13-16-19-22-25-27-29-30-31-32-33-34-35-36-37-38-39-41-42-44-47-50-53-56-59-62-68(71)74-65-66(64-73-67(70)61-58-55-52-49-46-24-21-18-15-12-9-6-3)75-69(72)63-60-57-54-51-48-45-43-40-28-26-23-20-17-14-11-8-5-2/h8,11,17-18,20-21,26,28,66H,4-7,9-10,12-16,19,22-25,27,29-65H2,1-3H3/b11-8-,20-17-,21-18-,28-26-. The summed E-state index contributed by atoms with van der Waals surface area (Å²) in [6, 6.07) is 0. The molecule has 0 amide bonds. The Morgan fingerprint density at radius 1 is 0.280 bits per heavy atom. The van der Waals surface area contributed by atoms with Crippen LogP contribution in [0.25, 0.3) is 0 Å². The Bertz CT molecular complexity index is 1300. The molecule has 0 N–H and O–H groups in total. The van der Waals surface area contributed by atoms with Crippen LogP contribution in [0.3, 0.4) is 0 Å². The van der Waals surface area contributed by atoms with Crippen molar-refractivity contribution in [3.63, 3.8) is 0 Å². The van der Waals surface area contributed by atoms with Crippen LogP contribution in [0.4, 0.5) is 0 Å². The van der Waals surface area contributed by atoms with Crippen molar-refractivity contribution in [1.82, 2.24) is 0 Å². The Morgan fingerprint density at radius 2 is 0.520 bits per heavy atom. The maximum Gasteiger partial charge on any atom is 0.306 e. The van der Waals surface area contributed by atoms with Crippen molar-refractivity contribution < 1.29 is 28.6 Å². The number of esters is 3. The van der Waals surface area contributed by atoms with Crippen molar-refractivity contribution in [2.75, 3.05) is 13.2 Å². The van der Waals surface area contributed by atoms with E-state index in [2.05, 4.69) is 69.4 Å². The molecule has 6 nitrogen and oxygen atoms in total. The Labute approximate surface area is 467 Å². The van der Waals surface area contributed by atoms with Gasteiger partial charge in [-0.3, -0.25) is 14.4 Å². The molecular formula is C69H126O6. The third-order valence-corrected chi connectivity index (χ3v) is 14.8. The molecule has 0 aromatic rings. The minimum absolute atomic E-state index is 0.0764. The van der Waals surface area contributed by atoms with E-state index in [-0.39, 0.29) is 31.1 Å². The molecule has 0 aliphatic rings. The van der Waals surface area contributed by atoms with E-state index in [0.717, 1.165) is 89.9 Å². The van der Waals surface area contributed by atoms with Gasteiger partial charge in [0.1, 0.15) is 13.2 Å². The molecule has 0 aromatic carbocycles. The van der Waals surface area contributed by atoms with E-state index in [4.69, 9.17) is 14.2 Å². The number of allylic oxidation sites excluding steroid dienone is 8. The van der Waals surface area contributed by atoms with Gasteiger partial charge in [0.2, 0.25) is 0 Å². The van der Waals surface area contributed by atoms with E-state index in [1.165, 1.54) is 225 Å². The predicted molar refractivity (Wildman–Crippen MR) is 325 cm³/mol. The van der Waals surface area contributed by atoms with Crippen LogP contribution in [0.1, 0.15) is 355 Å². The first-order valence-corrected chi connectivity index (χ1v) is 33.1. The normalized spacial score (nSPS) is 12.3. The van der Waals surface area contributed by atoms with E-state index < -0.39 is 6.10 Å². The molecule has 0 aliphatic heterocycles. The van der Waals surface area contributed by atoms with Gasteiger partial charge >= 0.3 is 17.9 Å². The predicted octanol–water partition coefficient (Wildman–Crippen LogP) is 22.6. The zero-order valence-corrected chi connectivity index (χ0v) is 50.3. The van der Waals surface area contributed by atoms with Gasteiger partial charge in [-0.25, -0.2) is 0 Å². The highest BCUT2D eigenvalue weighted by atomic mass is 16.6. The van der Waals surface area contributed by atoms with Crippen molar-refractivity contribution in [1.29, 1.82) is 0 Å². The fraction of sp³-hybridized carbons (Fsp3) is 0.841. The lowest BCUT2D eigenvalue weighted by molar-refractivity contribution is -0.167. The Balaban J connectivity index is 4.17. The maximum atomic E-state index is 12.9. The van der Waals surface area contributed by atoms with Gasteiger partial charge in [0.25, 0.3) is 0 Å². The lowest BCUT2D eigenvalue weighted by Crippen LogP contribution is -2.30. The van der Waals surface area contributed by atoms with Crippen LogP contribution in [0.15, 0.2) is 48.6 Å². The van der Waals surface area contributed by atoms with E-state index in [9.17, 15) is 14.4 Å². The first-order valence-electron chi connectivity index (χ1n) is 33.1. The molecule has 1 unspecified atom stereocenters. The number of rotatable bonds is 61. The van der Waals surface area contributed by atoms with Crippen molar-refractivity contribution in [3.05, 3.63) is 48.6 Å². The lowest BCUT2D eigenvalue weighted by Gasteiger charge is -2.18. The number of hydrogen-bond acceptors (Lipinski definition) is 6. The molecule has 0 spiro atoms. The fourth-order valence-electron chi connectivity index (χ4n) is 9.87.